The van der Waals surface area contributed by atoms with Crippen molar-refractivity contribution in [1.82, 2.24) is 4.48 Å². The standard InChI is InChI=1S/C38H42BNO/c1-21(2)23-11-14-32-27(15-23)29-16-24(22(3)4)17-30-28-18-26(38(8,9)10)20-34-35(28)39(40(32)36(29)30)31-13-12-25(37(5,6)7)19-33(31)41-34/h11-22H,1-10H3. The van der Waals surface area contributed by atoms with Gasteiger partial charge in [0, 0.05) is 32.8 Å². The molecule has 3 heteroatoms. The molecule has 0 aliphatic carbocycles. The van der Waals surface area contributed by atoms with Crippen LogP contribution in [0, 0.1) is 0 Å². The molecule has 0 unspecified atom stereocenters. The lowest BCUT2D eigenvalue weighted by Gasteiger charge is -2.36. The number of ether oxygens (including phenoxy) is 1. The molecule has 2 aliphatic rings. The maximum atomic E-state index is 6.91. The van der Waals surface area contributed by atoms with Gasteiger partial charge in [0.25, 0.3) is 0 Å². The van der Waals surface area contributed by atoms with E-state index in [4.69, 9.17) is 4.74 Å². The number of fused-ring (bicyclic) bond motifs is 7. The fraction of sp³-hybridized carbons (Fsp3) is 0.368. The van der Waals surface area contributed by atoms with Crippen molar-refractivity contribution in [2.24, 2.45) is 0 Å². The highest BCUT2D eigenvalue weighted by Crippen LogP contribution is 2.46. The SMILES string of the molecule is CC(C)c1ccc2c(c1)c1cc(C(C)C)cc3c1n2B1c2ccc(C(C)(C)C)cc2Oc2cc(C(C)(C)C)cc-3c21. The molecule has 0 atom stereocenters. The summed E-state index contributed by atoms with van der Waals surface area (Å²) in [4.78, 5) is 0. The monoisotopic (exact) mass is 539 g/mol. The van der Waals surface area contributed by atoms with Crippen LogP contribution in [0.15, 0.2) is 60.7 Å². The van der Waals surface area contributed by atoms with Crippen LogP contribution < -0.4 is 15.7 Å². The Kier molecular flexibility index (Phi) is 5.51. The minimum atomic E-state index is 0.00299. The molecule has 4 aromatic carbocycles. The van der Waals surface area contributed by atoms with Crippen LogP contribution in [0.2, 0.25) is 0 Å². The normalized spacial score (nSPS) is 14.2. The van der Waals surface area contributed by atoms with Crippen LogP contribution in [0.1, 0.15) is 103 Å². The second-order valence-corrected chi connectivity index (χ2v) is 15.1. The molecule has 0 saturated heterocycles. The minimum Gasteiger partial charge on any atom is -0.458 e. The van der Waals surface area contributed by atoms with Crippen molar-refractivity contribution in [2.75, 3.05) is 0 Å². The number of hydrogen-bond donors (Lipinski definition) is 0. The molecule has 1 aromatic heterocycles. The van der Waals surface area contributed by atoms with Gasteiger partial charge in [-0.2, -0.15) is 0 Å². The Morgan fingerprint density at radius 1 is 0.634 bits per heavy atom. The maximum Gasteiger partial charge on any atom is 0.336 e. The van der Waals surface area contributed by atoms with E-state index in [9.17, 15) is 0 Å². The van der Waals surface area contributed by atoms with Crippen molar-refractivity contribution in [3.8, 4) is 22.6 Å². The number of nitrogens with zero attached hydrogens (tertiary/aromatic N) is 1. The van der Waals surface area contributed by atoms with Gasteiger partial charge in [-0.1, -0.05) is 93.5 Å². The Morgan fingerprint density at radius 3 is 1.95 bits per heavy atom. The first-order chi connectivity index (χ1) is 19.2. The average molecular weight is 540 g/mol. The molecular formula is C38H42BNO. The van der Waals surface area contributed by atoms with E-state index in [1.165, 1.54) is 66.1 Å². The van der Waals surface area contributed by atoms with E-state index in [-0.39, 0.29) is 17.7 Å². The van der Waals surface area contributed by atoms with Crippen LogP contribution in [0.3, 0.4) is 0 Å². The summed E-state index contributed by atoms with van der Waals surface area (Å²) in [6.07, 6.45) is 0. The Balaban J connectivity index is 1.66. The number of benzene rings is 4. The highest BCUT2D eigenvalue weighted by Gasteiger charge is 2.42. The molecule has 0 fully saturated rings. The van der Waals surface area contributed by atoms with E-state index in [0.717, 1.165) is 11.5 Å². The van der Waals surface area contributed by atoms with Crippen LogP contribution in [0.5, 0.6) is 11.5 Å². The summed E-state index contributed by atoms with van der Waals surface area (Å²) in [5, 5.41) is 2.73. The first-order valence-electron chi connectivity index (χ1n) is 15.4. The zero-order valence-electron chi connectivity index (χ0n) is 26.4. The fourth-order valence-corrected chi connectivity index (χ4v) is 6.89. The van der Waals surface area contributed by atoms with Crippen molar-refractivity contribution in [3.63, 3.8) is 0 Å². The van der Waals surface area contributed by atoms with Crippen LogP contribution >= 0.6 is 0 Å². The van der Waals surface area contributed by atoms with E-state index in [2.05, 4.69) is 134 Å². The molecule has 208 valence electrons. The summed E-state index contributed by atoms with van der Waals surface area (Å²) in [5.74, 6) is 2.91. The van der Waals surface area contributed by atoms with E-state index in [1.807, 2.05) is 0 Å². The second kappa shape index (κ2) is 8.54. The van der Waals surface area contributed by atoms with Gasteiger partial charge in [0.15, 0.2) is 0 Å². The number of rotatable bonds is 2. The third-order valence-corrected chi connectivity index (χ3v) is 9.50. The van der Waals surface area contributed by atoms with Gasteiger partial charge in [0.1, 0.15) is 11.5 Å². The van der Waals surface area contributed by atoms with Crippen LogP contribution in [-0.4, -0.2) is 11.3 Å². The smallest absolute Gasteiger partial charge is 0.336 e. The third-order valence-electron chi connectivity index (χ3n) is 9.50. The molecule has 0 bridgehead atoms. The molecule has 5 aromatic rings. The molecule has 0 amide bonds. The molecule has 2 aliphatic heterocycles. The molecule has 3 heterocycles. The molecule has 7 rings (SSSR count). The Labute approximate surface area is 245 Å². The summed E-state index contributed by atoms with van der Waals surface area (Å²) in [7, 11) is 0. The lowest BCUT2D eigenvalue weighted by atomic mass is 9.46. The van der Waals surface area contributed by atoms with Gasteiger partial charge in [-0.25, -0.2) is 0 Å². The molecule has 0 saturated carbocycles. The van der Waals surface area contributed by atoms with Gasteiger partial charge in [-0.3, -0.25) is 0 Å². The lowest BCUT2D eigenvalue weighted by molar-refractivity contribution is 0.479. The maximum absolute atomic E-state index is 6.91. The predicted octanol–water partition coefficient (Wildman–Crippen LogP) is 9.38. The Morgan fingerprint density at radius 2 is 1.29 bits per heavy atom. The van der Waals surface area contributed by atoms with Gasteiger partial charge in [0.2, 0.25) is 0 Å². The Bertz CT molecular complexity index is 1890. The molecule has 0 radical (unpaired) electrons. The minimum absolute atomic E-state index is 0.00299. The summed E-state index contributed by atoms with van der Waals surface area (Å²) < 4.78 is 9.54. The number of hydrogen-bond acceptors (Lipinski definition) is 1. The van der Waals surface area contributed by atoms with Crippen molar-refractivity contribution in [3.05, 3.63) is 82.9 Å². The largest absolute Gasteiger partial charge is 0.458 e. The van der Waals surface area contributed by atoms with E-state index in [1.54, 1.807) is 0 Å². The quantitative estimate of drug-likeness (QED) is 0.200. The molecule has 41 heavy (non-hydrogen) atoms. The highest BCUT2D eigenvalue weighted by atomic mass is 16.5. The highest BCUT2D eigenvalue weighted by molar-refractivity contribution is 6.88. The topological polar surface area (TPSA) is 14.2 Å². The number of aromatic nitrogens is 1. The van der Waals surface area contributed by atoms with Crippen molar-refractivity contribution in [2.45, 2.75) is 91.9 Å². The summed E-state index contributed by atoms with van der Waals surface area (Å²) in [5.41, 5.74) is 13.3. The Hall–Kier alpha value is -3.46. The van der Waals surface area contributed by atoms with Crippen molar-refractivity contribution < 1.29 is 4.74 Å². The molecule has 2 nitrogen and oxygen atoms in total. The summed E-state index contributed by atoms with van der Waals surface area (Å²) >= 11 is 0. The van der Waals surface area contributed by atoms with E-state index >= 15 is 0 Å². The first kappa shape index (κ1) is 26.4. The summed E-state index contributed by atoms with van der Waals surface area (Å²) in [6, 6.07) is 23.8. The van der Waals surface area contributed by atoms with Gasteiger partial charge < -0.3 is 9.21 Å². The molecular weight excluding hydrogens is 497 g/mol. The first-order valence-corrected chi connectivity index (χ1v) is 15.4. The van der Waals surface area contributed by atoms with Crippen molar-refractivity contribution >= 4 is 39.6 Å². The summed E-state index contributed by atoms with van der Waals surface area (Å²) in [6.45, 7) is 23.0. The van der Waals surface area contributed by atoms with Crippen LogP contribution in [0.25, 0.3) is 32.9 Å². The zero-order chi connectivity index (χ0) is 29.2. The van der Waals surface area contributed by atoms with Crippen molar-refractivity contribution in [1.29, 1.82) is 0 Å². The van der Waals surface area contributed by atoms with E-state index < -0.39 is 0 Å². The van der Waals surface area contributed by atoms with Crippen LogP contribution in [-0.2, 0) is 10.8 Å². The van der Waals surface area contributed by atoms with Crippen LogP contribution in [0.4, 0.5) is 0 Å². The van der Waals surface area contributed by atoms with Gasteiger partial charge in [0.05, 0.1) is 0 Å². The second-order valence-electron chi connectivity index (χ2n) is 15.1. The van der Waals surface area contributed by atoms with Gasteiger partial charge in [-0.15, -0.1) is 0 Å². The molecule has 0 N–H and O–H groups in total. The van der Waals surface area contributed by atoms with Gasteiger partial charge >= 0.3 is 6.85 Å². The lowest BCUT2D eigenvalue weighted by Crippen LogP contribution is -2.54. The van der Waals surface area contributed by atoms with Gasteiger partial charge in [-0.05, 0) is 92.3 Å². The van der Waals surface area contributed by atoms with E-state index in [0.29, 0.717) is 11.8 Å². The fourth-order valence-electron chi connectivity index (χ4n) is 6.89. The molecule has 0 spiro atoms. The predicted molar refractivity (Wildman–Crippen MR) is 177 cm³/mol. The zero-order valence-corrected chi connectivity index (χ0v) is 26.4. The average Bonchev–Trinajstić information content (AvgIpc) is 3.23. The third kappa shape index (κ3) is 3.84.